The highest BCUT2D eigenvalue weighted by atomic mass is 16.5. The Kier molecular flexibility index (Phi) is 6.32. The zero-order chi connectivity index (χ0) is 14.3. The van der Waals surface area contributed by atoms with Crippen LogP contribution >= 0.6 is 0 Å². The van der Waals surface area contributed by atoms with Crippen molar-refractivity contribution in [2.24, 2.45) is 5.73 Å². The second kappa shape index (κ2) is 7.76. The largest absolute Gasteiger partial charge is 0.508 e. The van der Waals surface area contributed by atoms with Gasteiger partial charge in [0.05, 0.1) is 12.6 Å². The molecule has 0 radical (unpaired) electrons. The number of rotatable bonds is 7. The molecule has 1 atom stereocenters. The SMILES string of the molecule is CCN(CCOC)C(=O)[C@@H](N)Cc1ccc(O)cc1. The maximum Gasteiger partial charge on any atom is 0.239 e. The minimum Gasteiger partial charge on any atom is -0.508 e. The number of phenolic OH excluding ortho intramolecular Hbond substituents is 1. The first-order valence-electron chi connectivity index (χ1n) is 6.39. The summed E-state index contributed by atoms with van der Waals surface area (Å²) in [5.41, 5.74) is 6.87. The van der Waals surface area contributed by atoms with E-state index in [0.717, 1.165) is 5.56 Å². The number of amides is 1. The van der Waals surface area contributed by atoms with E-state index in [2.05, 4.69) is 0 Å². The van der Waals surface area contributed by atoms with E-state index in [1.54, 1.807) is 36.3 Å². The summed E-state index contributed by atoms with van der Waals surface area (Å²) in [6, 6.07) is 6.16. The van der Waals surface area contributed by atoms with Crippen molar-refractivity contribution in [3.63, 3.8) is 0 Å². The molecular formula is C14H22N2O3. The predicted octanol–water partition coefficient (Wildman–Crippen LogP) is 0.757. The van der Waals surface area contributed by atoms with Gasteiger partial charge in [0.25, 0.3) is 0 Å². The quantitative estimate of drug-likeness (QED) is 0.764. The third-order valence-corrected chi connectivity index (χ3v) is 2.97. The molecule has 0 heterocycles. The fraction of sp³-hybridized carbons (Fsp3) is 0.500. The predicted molar refractivity (Wildman–Crippen MR) is 73.9 cm³/mol. The minimum atomic E-state index is -0.568. The van der Waals surface area contributed by atoms with Crippen LogP contribution in [-0.2, 0) is 16.0 Å². The number of carbonyl (C=O) groups is 1. The number of hydrogen-bond donors (Lipinski definition) is 2. The molecule has 0 unspecified atom stereocenters. The topological polar surface area (TPSA) is 75.8 Å². The molecule has 1 rings (SSSR count). The summed E-state index contributed by atoms with van der Waals surface area (Å²) in [5, 5.41) is 9.20. The summed E-state index contributed by atoms with van der Waals surface area (Å²) in [7, 11) is 1.61. The second-order valence-electron chi connectivity index (χ2n) is 4.39. The monoisotopic (exact) mass is 266 g/mol. The van der Waals surface area contributed by atoms with Crippen LogP contribution in [0.1, 0.15) is 12.5 Å². The lowest BCUT2D eigenvalue weighted by atomic mass is 10.1. The van der Waals surface area contributed by atoms with E-state index in [1.165, 1.54) is 0 Å². The molecule has 0 fully saturated rings. The van der Waals surface area contributed by atoms with Crippen LogP contribution in [-0.4, -0.2) is 48.8 Å². The summed E-state index contributed by atoms with van der Waals surface area (Å²) in [6.45, 7) is 3.59. The molecule has 5 heteroatoms. The van der Waals surface area contributed by atoms with Crippen molar-refractivity contribution in [1.82, 2.24) is 4.90 Å². The normalized spacial score (nSPS) is 12.2. The van der Waals surface area contributed by atoms with Gasteiger partial charge in [0.2, 0.25) is 5.91 Å². The number of hydrogen-bond acceptors (Lipinski definition) is 4. The maximum atomic E-state index is 12.1. The van der Waals surface area contributed by atoms with Crippen molar-refractivity contribution < 1.29 is 14.6 Å². The molecule has 0 aromatic heterocycles. The second-order valence-corrected chi connectivity index (χ2v) is 4.39. The van der Waals surface area contributed by atoms with E-state index in [0.29, 0.717) is 26.1 Å². The van der Waals surface area contributed by atoms with Gasteiger partial charge in [-0.15, -0.1) is 0 Å². The number of methoxy groups -OCH3 is 1. The van der Waals surface area contributed by atoms with E-state index < -0.39 is 6.04 Å². The van der Waals surface area contributed by atoms with Gasteiger partial charge in [0.1, 0.15) is 5.75 Å². The summed E-state index contributed by atoms with van der Waals surface area (Å²) in [4.78, 5) is 13.8. The molecule has 5 nitrogen and oxygen atoms in total. The molecule has 19 heavy (non-hydrogen) atoms. The maximum absolute atomic E-state index is 12.1. The van der Waals surface area contributed by atoms with Crippen LogP contribution < -0.4 is 5.73 Å². The molecular weight excluding hydrogens is 244 g/mol. The van der Waals surface area contributed by atoms with Crippen LogP contribution in [0.3, 0.4) is 0 Å². The Labute approximate surface area is 114 Å². The van der Waals surface area contributed by atoms with Gasteiger partial charge in [-0.05, 0) is 31.0 Å². The highest BCUT2D eigenvalue weighted by Crippen LogP contribution is 2.11. The van der Waals surface area contributed by atoms with Gasteiger partial charge in [0.15, 0.2) is 0 Å². The standard InChI is InChI=1S/C14H22N2O3/c1-3-16(8-9-19-2)14(18)13(15)10-11-4-6-12(17)7-5-11/h4-7,13,17H,3,8-10,15H2,1-2H3/t13-/m0/s1. The fourth-order valence-corrected chi connectivity index (χ4v) is 1.83. The lowest BCUT2D eigenvalue weighted by Crippen LogP contribution is -2.46. The van der Waals surface area contributed by atoms with E-state index >= 15 is 0 Å². The zero-order valence-corrected chi connectivity index (χ0v) is 11.5. The zero-order valence-electron chi connectivity index (χ0n) is 11.5. The Hall–Kier alpha value is -1.59. The fourth-order valence-electron chi connectivity index (χ4n) is 1.83. The van der Waals surface area contributed by atoms with Crippen LogP contribution in [0, 0.1) is 0 Å². The number of ether oxygens (including phenoxy) is 1. The first kappa shape index (κ1) is 15.5. The van der Waals surface area contributed by atoms with Crippen LogP contribution in [0.25, 0.3) is 0 Å². The number of nitrogens with zero attached hydrogens (tertiary/aromatic N) is 1. The average molecular weight is 266 g/mol. The van der Waals surface area contributed by atoms with Crippen molar-refractivity contribution in [1.29, 1.82) is 0 Å². The summed E-state index contributed by atoms with van der Waals surface area (Å²) < 4.78 is 4.97. The van der Waals surface area contributed by atoms with E-state index in [-0.39, 0.29) is 11.7 Å². The number of aromatic hydroxyl groups is 1. The highest BCUT2D eigenvalue weighted by molar-refractivity contribution is 5.82. The number of phenols is 1. The molecule has 1 aromatic rings. The smallest absolute Gasteiger partial charge is 0.239 e. The molecule has 0 saturated heterocycles. The summed E-state index contributed by atoms with van der Waals surface area (Å²) in [5.74, 6) is 0.131. The Morgan fingerprint density at radius 2 is 2.05 bits per heavy atom. The Morgan fingerprint density at radius 3 is 2.58 bits per heavy atom. The number of nitrogens with two attached hydrogens (primary N) is 1. The lowest BCUT2D eigenvalue weighted by molar-refractivity contribution is -0.133. The van der Waals surface area contributed by atoms with Gasteiger partial charge >= 0.3 is 0 Å². The Balaban J connectivity index is 2.57. The van der Waals surface area contributed by atoms with Crippen LogP contribution in [0.5, 0.6) is 5.75 Å². The molecule has 0 spiro atoms. The average Bonchev–Trinajstić information content (AvgIpc) is 2.42. The van der Waals surface area contributed by atoms with Crippen molar-refractivity contribution in [3.05, 3.63) is 29.8 Å². The Bertz CT molecular complexity index is 392. The first-order valence-corrected chi connectivity index (χ1v) is 6.39. The van der Waals surface area contributed by atoms with Crippen molar-refractivity contribution in [2.75, 3.05) is 26.8 Å². The molecule has 0 bridgehead atoms. The molecule has 0 aliphatic heterocycles. The number of benzene rings is 1. The third-order valence-electron chi connectivity index (χ3n) is 2.97. The van der Waals surface area contributed by atoms with E-state index in [9.17, 15) is 9.90 Å². The lowest BCUT2D eigenvalue weighted by Gasteiger charge is -2.24. The van der Waals surface area contributed by atoms with Gasteiger partial charge in [0, 0.05) is 20.2 Å². The molecule has 0 aliphatic carbocycles. The molecule has 3 N–H and O–H groups in total. The van der Waals surface area contributed by atoms with E-state index in [4.69, 9.17) is 10.5 Å². The van der Waals surface area contributed by atoms with Crippen LogP contribution in [0.2, 0.25) is 0 Å². The third kappa shape index (κ3) is 4.89. The summed E-state index contributed by atoms with van der Waals surface area (Å²) in [6.07, 6.45) is 0.461. The first-order chi connectivity index (χ1) is 9.08. The molecule has 1 amide bonds. The van der Waals surface area contributed by atoms with Crippen molar-refractivity contribution in [3.8, 4) is 5.75 Å². The van der Waals surface area contributed by atoms with Crippen molar-refractivity contribution >= 4 is 5.91 Å². The number of carbonyl (C=O) groups excluding carboxylic acids is 1. The van der Waals surface area contributed by atoms with Gasteiger partial charge in [-0.1, -0.05) is 12.1 Å². The van der Waals surface area contributed by atoms with Gasteiger partial charge in [-0.2, -0.15) is 0 Å². The van der Waals surface area contributed by atoms with Crippen molar-refractivity contribution in [2.45, 2.75) is 19.4 Å². The van der Waals surface area contributed by atoms with Gasteiger partial charge < -0.3 is 20.5 Å². The molecule has 1 aromatic carbocycles. The van der Waals surface area contributed by atoms with Crippen LogP contribution in [0.15, 0.2) is 24.3 Å². The number of likely N-dealkylation sites (N-methyl/N-ethyl adjacent to an activating group) is 1. The Morgan fingerprint density at radius 1 is 1.42 bits per heavy atom. The van der Waals surface area contributed by atoms with Crippen LogP contribution in [0.4, 0.5) is 0 Å². The molecule has 0 saturated carbocycles. The van der Waals surface area contributed by atoms with Gasteiger partial charge in [-0.3, -0.25) is 4.79 Å². The highest BCUT2D eigenvalue weighted by Gasteiger charge is 2.19. The summed E-state index contributed by atoms with van der Waals surface area (Å²) >= 11 is 0. The van der Waals surface area contributed by atoms with Gasteiger partial charge in [-0.25, -0.2) is 0 Å². The molecule has 0 aliphatic rings. The molecule has 106 valence electrons. The minimum absolute atomic E-state index is 0.0763. The van der Waals surface area contributed by atoms with E-state index in [1.807, 2.05) is 6.92 Å².